The van der Waals surface area contributed by atoms with Crippen LogP contribution < -0.4 is 4.90 Å². The van der Waals surface area contributed by atoms with Crippen LogP contribution in [0.4, 0.5) is 15.0 Å². The summed E-state index contributed by atoms with van der Waals surface area (Å²) in [6, 6.07) is 5.37. The quantitative estimate of drug-likeness (QED) is 0.395. The molecule has 0 bridgehead atoms. The fourth-order valence-corrected chi connectivity index (χ4v) is 6.70. The molecule has 7 nitrogen and oxygen atoms in total. The van der Waals surface area contributed by atoms with Crippen molar-refractivity contribution in [2.24, 2.45) is 5.41 Å². The lowest BCUT2D eigenvalue weighted by Crippen LogP contribution is -2.58. The molecule has 206 valence electrons. The summed E-state index contributed by atoms with van der Waals surface area (Å²) in [5.41, 5.74) is 3.96. The number of fused-ring (bicyclic) bond motifs is 2. The number of hydrogen-bond acceptors (Lipinski definition) is 7. The molecule has 1 saturated heterocycles. The standard InChI is InChI=1S/C29H39FN4O3S/c1-28(2,3)37-27(35)34-14-13-33(17-20(34)18-36-4)25-22-10-12-29(16-24(22)31-26(32-25)38-5)11-9-21-19(15-29)7-6-8-23(21)30/h6-8,20H,9-18H2,1-5H3/t20-,29-/m1/s1. The van der Waals surface area contributed by atoms with Crippen LogP contribution in [-0.2, 0) is 35.2 Å². The summed E-state index contributed by atoms with van der Waals surface area (Å²) in [4.78, 5) is 27.0. The molecule has 2 atom stereocenters. The van der Waals surface area contributed by atoms with E-state index in [0.29, 0.717) is 26.2 Å². The molecule has 3 aliphatic rings. The Kier molecular flexibility index (Phi) is 7.61. The third kappa shape index (κ3) is 5.50. The van der Waals surface area contributed by atoms with Crippen LogP contribution in [0, 0.1) is 11.2 Å². The Morgan fingerprint density at radius 3 is 2.63 bits per heavy atom. The number of halogens is 1. The van der Waals surface area contributed by atoms with E-state index in [-0.39, 0.29) is 23.4 Å². The number of ether oxygens (including phenoxy) is 2. The van der Waals surface area contributed by atoms with Crippen LogP contribution in [-0.4, -0.2) is 72.2 Å². The van der Waals surface area contributed by atoms with Crippen LogP contribution in [0.3, 0.4) is 0 Å². The molecule has 5 rings (SSSR count). The number of anilines is 1. The van der Waals surface area contributed by atoms with Crippen LogP contribution in [0.25, 0.3) is 0 Å². The molecule has 1 aliphatic heterocycles. The van der Waals surface area contributed by atoms with Crippen molar-refractivity contribution in [3.8, 4) is 0 Å². The number of carbonyl (C=O) groups is 1. The van der Waals surface area contributed by atoms with Crippen molar-refractivity contribution in [2.75, 3.05) is 44.5 Å². The molecule has 38 heavy (non-hydrogen) atoms. The Bertz CT molecular complexity index is 1200. The van der Waals surface area contributed by atoms with Gasteiger partial charge in [-0.25, -0.2) is 19.2 Å². The summed E-state index contributed by atoms with van der Waals surface area (Å²) in [6.45, 7) is 7.93. The minimum atomic E-state index is -0.549. The molecule has 2 heterocycles. The van der Waals surface area contributed by atoms with Crippen LogP contribution in [0.15, 0.2) is 23.4 Å². The summed E-state index contributed by atoms with van der Waals surface area (Å²) in [6.07, 6.45) is 7.23. The van der Waals surface area contributed by atoms with E-state index in [9.17, 15) is 9.18 Å². The average molecular weight is 543 g/mol. The van der Waals surface area contributed by atoms with Gasteiger partial charge in [0.2, 0.25) is 0 Å². The number of amides is 1. The zero-order valence-electron chi connectivity index (χ0n) is 23.2. The first-order valence-corrected chi connectivity index (χ1v) is 14.8. The first-order valence-electron chi connectivity index (χ1n) is 13.5. The van der Waals surface area contributed by atoms with Gasteiger partial charge in [0.15, 0.2) is 5.16 Å². The van der Waals surface area contributed by atoms with Gasteiger partial charge < -0.3 is 14.4 Å². The Balaban J connectivity index is 1.40. The van der Waals surface area contributed by atoms with Crippen molar-refractivity contribution in [3.05, 3.63) is 46.4 Å². The van der Waals surface area contributed by atoms with Crippen molar-refractivity contribution >= 4 is 23.7 Å². The van der Waals surface area contributed by atoms with Gasteiger partial charge in [0.25, 0.3) is 0 Å². The topological polar surface area (TPSA) is 67.8 Å². The minimum Gasteiger partial charge on any atom is -0.444 e. The lowest BCUT2D eigenvalue weighted by molar-refractivity contribution is 0.00334. The minimum absolute atomic E-state index is 0.0704. The summed E-state index contributed by atoms with van der Waals surface area (Å²) >= 11 is 1.56. The van der Waals surface area contributed by atoms with Crippen molar-refractivity contribution in [1.29, 1.82) is 0 Å². The lowest BCUT2D eigenvalue weighted by atomic mass is 9.63. The molecular formula is C29H39FN4O3S. The lowest BCUT2D eigenvalue weighted by Gasteiger charge is -2.44. The maximum absolute atomic E-state index is 14.4. The fraction of sp³-hybridized carbons (Fsp3) is 0.621. The Hall–Kier alpha value is -2.39. The van der Waals surface area contributed by atoms with Crippen LogP contribution in [0.1, 0.15) is 56.0 Å². The molecule has 1 aromatic carbocycles. The Morgan fingerprint density at radius 1 is 1.16 bits per heavy atom. The summed E-state index contributed by atoms with van der Waals surface area (Å²) in [5.74, 6) is 0.917. The van der Waals surface area contributed by atoms with E-state index in [1.165, 1.54) is 5.56 Å². The second-order valence-corrected chi connectivity index (χ2v) is 12.7. The number of aromatic nitrogens is 2. The molecule has 9 heteroatoms. The van der Waals surface area contributed by atoms with E-state index in [1.807, 2.05) is 33.1 Å². The first kappa shape index (κ1) is 27.2. The van der Waals surface area contributed by atoms with Gasteiger partial charge in [-0.3, -0.25) is 4.90 Å². The van der Waals surface area contributed by atoms with Gasteiger partial charge in [-0.2, -0.15) is 0 Å². The van der Waals surface area contributed by atoms with Gasteiger partial charge in [-0.15, -0.1) is 0 Å². The molecule has 1 amide bonds. The summed E-state index contributed by atoms with van der Waals surface area (Å²) in [5, 5.41) is 0.774. The van der Waals surface area contributed by atoms with Gasteiger partial charge in [-0.1, -0.05) is 23.9 Å². The van der Waals surface area contributed by atoms with E-state index in [4.69, 9.17) is 19.4 Å². The highest BCUT2D eigenvalue weighted by Crippen LogP contribution is 2.47. The highest BCUT2D eigenvalue weighted by molar-refractivity contribution is 7.98. The molecule has 0 saturated carbocycles. The number of piperazine rings is 1. The van der Waals surface area contributed by atoms with Gasteiger partial charge in [0, 0.05) is 32.3 Å². The third-order valence-corrected chi connectivity index (χ3v) is 8.68. The van der Waals surface area contributed by atoms with Gasteiger partial charge in [0.05, 0.1) is 18.3 Å². The molecule has 0 unspecified atom stereocenters. The molecule has 0 radical (unpaired) electrons. The zero-order valence-corrected chi connectivity index (χ0v) is 24.0. The monoisotopic (exact) mass is 542 g/mol. The van der Waals surface area contributed by atoms with Gasteiger partial charge >= 0.3 is 6.09 Å². The Morgan fingerprint density at radius 2 is 1.92 bits per heavy atom. The van der Waals surface area contributed by atoms with Gasteiger partial charge in [0.1, 0.15) is 17.2 Å². The zero-order chi connectivity index (χ0) is 27.1. The molecule has 0 N–H and O–H groups in total. The number of hydrogen-bond donors (Lipinski definition) is 0. The normalized spacial score (nSPS) is 23.3. The smallest absolute Gasteiger partial charge is 0.410 e. The van der Waals surface area contributed by atoms with Crippen molar-refractivity contribution in [2.45, 2.75) is 76.1 Å². The largest absolute Gasteiger partial charge is 0.444 e. The van der Waals surface area contributed by atoms with Crippen molar-refractivity contribution in [3.63, 3.8) is 0 Å². The van der Waals surface area contributed by atoms with Crippen LogP contribution in [0.5, 0.6) is 0 Å². The van der Waals surface area contributed by atoms with Crippen molar-refractivity contribution in [1.82, 2.24) is 14.9 Å². The van der Waals surface area contributed by atoms with Crippen LogP contribution >= 0.6 is 11.8 Å². The Labute approximate surface area is 229 Å². The molecule has 1 aromatic heterocycles. The van der Waals surface area contributed by atoms with E-state index in [0.717, 1.165) is 66.3 Å². The average Bonchev–Trinajstić information content (AvgIpc) is 2.87. The first-order chi connectivity index (χ1) is 18.1. The molecule has 2 aromatic rings. The van der Waals surface area contributed by atoms with Crippen molar-refractivity contribution < 1.29 is 18.7 Å². The molecular weight excluding hydrogens is 503 g/mol. The van der Waals surface area contributed by atoms with Crippen LogP contribution in [0.2, 0.25) is 0 Å². The summed E-state index contributed by atoms with van der Waals surface area (Å²) in [7, 11) is 1.66. The number of benzene rings is 1. The molecule has 2 aliphatic carbocycles. The number of thioether (sulfide) groups is 1. The molecule has 1 fully saturated rings. The SMILES string of the molecule is COC[C@H]1CN(c2nc(SC)nc3c2CC[C@@]2(CCc4c(F)cccc4C2)C3)CCN1C(=O)OC(C)(C)C. The highest BCUT2D eigenvalue weighted by Gasteiger charge is 2.41. The predicted octanol–water partition coefficient (Wildman–Crippen LogP) is 5.07. The number of carbonyl (C=O) groups excluding carboxylic acids is 1. The number of methoxy groups -OCH3 is 1. The molecule has 1 spiro atoms. The maximum Gasteiger partial charge on any atom is 0.410 e. The number of rotatable bonds is 4. The second kappa shape index (κ2) is 10.6. The third-order valence-electron chi connectivity index (χ3n) is 8.14. The highest BCUT2D eigenvalue weighted by atomic mass is 32.2. The summed E-state index contributed by atoms with van der Waals surface area (Å²) < 4.78 is 25.6. The van der Waals surface area contributed by atoms with E-state index < -0.39 is 5.60 Å². The number of nitrogens with zero attached hydrogens (tertiary/aromatic N) is 4. The van der Waals surface area contributed by atoms with Gasteiger partial charge in [-0.05, 0) is 88.2 Å². The fourth-order valence-electron chi connectivity index (χ4n) is 6.32. The predicted molar refractivity (Wildman–Crippen MR) is 148 cm³/mol. The van der Waals surface area contributed by atoms with E-state index in [1.54, 1.807) is 29.8 Å². The second-order valence-electron chi connectivity index (χ2n) is 11.9. The maximum atomic E-state index is 14.4. The van der Waals surface area contributed by atoms with E-state index >= 15 is 0 Å². The van der Waals surface area contributed by atoms with E-state index in [2.05, 4.69) is 11.0 Å².